The van der Waals surface area contributed by atoms with Crippen LogP contribution < -0.4 is 9.64 Å². The van der Waals surface area contributed by atoms with Crippen LogP contribution in [0.5, 0.6) is 11.5 Å². The monoisotopic (exact) mass is 448 g/mol. The van der Waals surface area contributed by atoms with Gasteiger partial charge in [-0.1, -0.05) is 42.4 Å². The number of likely N-dealkylation sites (tertiary alicyclic amines) is 1. The lowest BCUT2D eigenvalue weighted by molar-refractivity contribution is -0.131. The number of amides is 2. The van der Waals surface area contributed by atoms with Gasteiger partial charge in [-0.15, -0.1) is 0 Å². The van der Waals surface area contributed by atoms with Crippen molar-refractivity contribution in [3.63, 3.8) is 0 Å². The first-order valence-electron chi connectivity index (χ1n) is 10.3. The second-order valence-electron chi connectivity index (χ2n) is 8.12. The Morgan fingerprint density at radius 2 is 1.97 bits per heavy atom. The normalized spacial score (nSPS) is 15.8. The molecule has 0 saturated carbocycles. The van der Waals surface area contributed by atoms with Gasteiger partial charge in [-0.05, 0) is 46.7 Å². The van der Waals surface area contributed by atoms with Crippen LogP contribution in [-0.4, -0.2) is 48.1 Å². The number of ether oxygens (including phenoxy) is 1. The first-order chi connectivity index (χ1) is 15.4. The number of fused-ring (bicyclic) bond motifs is 2. The van der Waals surface area contributed by atoms with Gasteiger partial charge >= 0.3 is 0 Å². The molecule has 32 heavy (non-hydrogen) atoms. The molecule has 1 saturated heterocycles. The molecule has 7 heteroatoms. The van der Waals surface area contributed by atoms with Crippen molar-refractivity contribution in [2.75, 3.05) is 31.1 Å². The zero-order chi connectivity index (χ0) is 22.4. The molecule has 162 valence electrons. The molecule has 1 N–H and O–H groups in total. The maximum Gasteiger partial charge on any atom is 0.265 e. The van der Waals surface area contributed by atoms with Crippen molar-refractivity contribution in [1.82, 2.24) is 4.90 Å². The molecule has 0 spiro atoms. The van der Waals surface area contributed by atoms with Gasteiger partial charge in [0.15, 0.2) is 6.61 Å². The number of aromatic hydroxyl groups is 1. The Bertz CT molecular complexity index is 1270. The molecule has 6 nitrogen and oxygen atoms in total. The van der Waals surface area contributed by atoms with Crippen LogP contribution >= 0.6 is 11.6 Å². The van der Waals surface area contributed by atoms with E-state index in [4.69, 9.17) is 16.3 Å². The van der Waals surface area contributed by atoms with Gasteiger partial charge in [0.05, 0.1) is 10.7 Å². The van der Waals surface area contributed by atoms with Gasteiger partial charge in [-0.2, -0.15) is 0 Å². The molecule has 0 atom stereocenters. The number of benzene rings is 3. The van der Waals surface area contributed by atoms with Crippen molar-refractivity contribution in [3.8, 4) is 22.6 Å². The fraction of sp³-hybridized carbons (Fsp3) is 0.200. The van der Waals surface area contributed by atoms with E-state index in [0.717, 1.165) is 21.9 Å². The van der Waals surface area contributed by atoms with Crippen LogP contribution in [0.25, 0.3) is 21.9 Å². The van der Waals surface area contributed by atoms with Crippen molar-refractivity contribution in [2.45, 2.75) is 0 Å². The van der Waals surface area contributed by atoms with Crippen LogP contribution in [0.2, 0.25) is 5.02 Å². The molecular weight excluding hydrogens is 428 g/mol. The second-order valence-corrected chi connectivity index (χ2v) is 8.53. The van der Waals surface area contributed by atoms with E-state index in [1.165, 1.54) is 6.08 Å². The molecule has 2 amide bonds. The Morgan fingerprint density at radius 1 is 1.19 bits per heavy atom. The van der Waals surface area contributed by atoms with E-state index in [9.17, 15) is 14.7 Å². The van der Waals surface area contributed by atoms with E-state index in [1.54, 1.807) is 28.0 Å². The Morgan fingerprint density at radius 3 is 2.75 bits per heavy atom. The molecule has 3 aromatic carbocycles. The Kier molecular flexibility index (Phi) is 5.02. The van der Waals surface area contributed by atoms with Gasteiger partial charge in [0.1, 0.15) is 11.5 Å². The molecule has 2 aliphatic rings. The highest BCUT2D eigenvalue weighted by Gasteiger charge is 2.35. The van der Waals surface area contributed by atoms with E-state index in [1.807, 2.05) is 30.3 Å². The maximum absolute atomic E-state index is 12.6. The van der Waals surface area contributed by atoms with E-state index < -0.39 is 0 Å². The first kappa shape index (κ1) is 20.4. The molecule has 0 aromatic heterocycles. The second kappa shape index (κ2) is 7.88. The van der Waals surface area contributed by atoms with Gasteiger partial charge < -0.3 is 19.6 Å². The first-order valence-corrected chi connectivity index (χ1v) is 10.7. The highest BCUT2D eigenvalue weighted by Crippen LogP contribution is 2.44. The summed E-state index contributed by atoms with van der Waals surface area (Å²) in [6.45, 7) is 5.12. The predicted molar refractivity (Wildman–Crippen MR) is 124 cm³/mol. The van der Waals surface area contributed by atoms with Crippen molar-refractivity contribution in [2.24, 2.45) is 5.92 Å². The van der Waals surface area contributed by atoms with Crippen LogP contribution in [0.3, 0.4) is 0 Å². The van der Waals surface area contributed by atoms with Gasteiger partial charge in [0, 0.05) is 31.1 Å². The molecule has 1 fully saturated rings. The summed E-state index contributed by atoms with van der Waals surface area (Å²) >= 11 is 6.69. The summed E-state index contributed by atoms with van der Waals surface area (Å²) in [7, 11) is 0. The van der Waals surface area contributed by atoms with E-state index in [-0.39, 0.29) is 30.1 Å². The molecule has 0 radical (unpaired) electrons. The fourth-order valence-corrected chi connectivity index (χ4v) is 4.66. The lowest BCUT2D eigenvalue weighted by atomic mass is 9.96. The molecule has 2 heterocycles. The zero-order valence-corrected chi connectivity index (χ0v) is 18.0. The highest BCUT2D eigenvalue weighted by atomic mass is 35.5. The largest absolute Gasteiger partial charge is 0.508 e. The number of anilines is 1. The molecule has 0 unspecified atom stereocenters. The summed E-state index contributed by atoms with van der Waals surface area (Å²) in [6.07, 6.45) is 1.30. The van der Waals surface area contributed by atoms with Crippen LogP contribution in [0, 0.1) is 5.92 Å². The number of carbonyl (C=O) groups is 2. The third kappa shape index (κ3) is 3.46. The highest BCUT2D eigenvalue weighted by molar-refractivity contribution is 6.34. The number of nitrogens with zero attached hydrogens (tertiary/aromatic N) is 2. The van der Waals surface area contributed by atoms with Crippen molar-refractivity contribution in [1.29, 1.82) is 0 Å². The van der Waals surface area contributed by atoms with Crippen molar-refractivity contribution < 1.29 is 19.4 Å². The third-order valence-corrected chi connectivity index (χ3v) is 6.33. The van der Waals surface area contributed by atoms with Gasteiger partial charge in [0.25, 0.3) is 5.91 Å². The molecular formula is C25H21ClN2O4. The fourth-order valence-electron chi connectivity index (χ4n) is 4.40. The standard InChI is InChI=1S/C25H21ClN2O4/c1-2-24(30)27-11-15(12-27)13-28-22-10-21(26)20(9-23(22)32-14-25(28)31)19-8-17(29)7-16-5-3-4-6-18(16)19/h2-10,15,29H,1,11-14H2. The quantitative estimate of drug-likeness (QED) is 0.606. The Hall–Kier alpha value is -3.51. The minimum atomic E-state index is -0.141. The number of hydrogen-bond donors (Lipinski definition) is 1. The molecule has 2 aliphatic heterocycles. The summed E-state index contributed by atoms with van der Waals surface area (Å²) in [5.41, 5.74) is 2.13. The molecule has 3 aromatic rings. The average Bonchev–Trinajstić information content (AvgIpc) is 2.76. The molecule has 0 aliphatic carbocycles. The van der Waals surface area contributed by atoms with Crippen LogP contribution in [-0.2, 0) is 9.59 Å². The molecule has 5 rings (SSSR count). The van der Waals surface area contributed by atoms with E-state index >= 15 is 0 Å². The van der Waals surface area contributed by atoms with Gasteiger partial charge in [0.2, 0.25) is 5.91 Å². The SMILES string of the molecule is C=CC(=O)N1CC(CN2C(=O)COc3cc(-c4cc(O)cc5ccccc45)c(Cl)cc32)C1. The van der Waals surface area contributed by atoms with E-state index in [2.05, 4.69) is 6.58 Å². The minimum Gasteiger partial charge on any atom is -0.508 e. The van der Waals surface area contributed by atoms with Crippen LogP contribution in [0.4, 0.5) is 5.69 Å². The van der Waals surface area contributed by atoms with E-state index in [0.29, 0.717) is 36.1 Å². The Labute approximate surface area is 190 Å². The summed E-state index contributed by atoms with van der Waals surface area (Å²) in [5, 5.41) is 12.5. The summed E-state index contributed by atoms with van der Waals surface area (Å²) < 4.78 is 5.75. The molecule has 0 bridgehead atoms. The smallest absolute Gasteiger partial charge is 0.265 e. The van der Waals surface area contributed by atoms with Gasteiger partial charge in [-0.3, -0.25) is 9.59 Å². The number of halogens is 1. The topological polar surface area (TPSA) is 70.1 Å². The van der Waals surface area contributed by atoms with Crippen LogP contribution in [0.15, 0.2) is 61.2 Å². The summed E-state index contributed by atoms with van der Waals surface area (Å²) in [5.74, 6) is 0.657. The number of phenols is 1. The number of rotatable bonds is 4. The maximum atomic E-state index is 12.6. The van der Waals surface area contributed by atoms with Crippen molar-refractivity contribution in [3.05, 3.63) is 66.2 Å². The average molecular weight is 449 g/mol. The van der Waals surface area contributed by atoms with Crippen molar-refractivity contribution >= 4 is 39.9 Å². The number of phenolic OH excluding ortho intramolecular Hbond substituents is 1. The number of carbonyl (C=O) groups excluding carboxylic acids is 2. The lowest BCUT2D eigenvalue weighted by Gasteiger charge is -2.42. The number of hydrogen-bond acceptors (Lipinski definition) is 4. The summed E-state index contributed by atoms with van der Waals surface area (Å²) in [4.78, 5) is 27.7. The predicted octanol–water partition coefficient (Wildman–Crippen LogP) is 4.24. The third-order valence-electron chi connectivity index (χ3n) is 6.01. The van der Waals surface area contributed by atoms with Crippen LogP contribution in [0.1, 0.15) is 0 Å². The summed E-state index contributed by atoms with van der Waals surface area (Å²) in [6, 6.07) is 14.7. The zero-order valence-electron chi connectivity index (χ0n) is 17.3. The Balaban J connectivity index is 1.49. The minimum absolute atomic E-state index is 0.0586. The lowest BCUT2D eigenvalue weighted by Crippen LogP contribution is -2.55. The van der Waals surface area contributed by atoms with Gasteiger partial charge in [-0.25, -0.2) is 0 Å².